The minimum absolute atomic E-state index is 0.0162. The van der Waals surface area contributed by atoms with E-state index in [2.05, 4.69) is 54.5 Å². The molecule has 1 saturated carbocycles. The van der Waals surface area contributed by atoms with Gasteiger partial charge in [-0.25, -0.2) is 5.26 Å². The van der Waals surface area contributed by atoms with Crippen molar-refractivity contribution < 1.29 is 24.2 Å². The van der Waals surface area contributed by atoms with Gasteiger partial charge < -0.3 is 25.3 Å². The first kappa shape index (κ1) is 32.0. The first-order valence-electron chi connectivity index (χ1n) is 12.0. The molecule has 2 heterocycles. The fraction of sp³-hybridized carbons (Fsp3) is 0.538. The maximum Gasteiger partial charge on any atom is 0.309 e. The molecule has 1 aliphatic carbocycles. The molecule has 3 aliphatic rings. The molecule has 0 amide bonds. The van der Waals surface area contributed by atoms with Gasteiger partial charge in [-0.15, -0.1) is 6.58 Å². The van der Waals surface area contributed by atoms with E-state index in [9.17, 15) is 9.59 Å². The van der Waals surface area contributed by atoms with Crippen molar-refractivity contribution in [2.45, 2.75) is 51.3 Å². The Morgan fingerprint density at radius 2 is 1.97 bits per heavy atom. The number of carbonyl (C=O) groups excluding carboxylic acids is 2. The number of benzene rings is 1. The number of likely N-dealkylation sites (N-methyl/N-ethyl adjacent to an activating group) is 1. The maximum absolute atomic E-state index is 10.9. The molecule has 3 N–H and O–H groups in total. The molecule has 0 aromatic heterocycles. The highest BCUT2D eigenvalue weighted by molar-refractivity contribution is 6.71. The summed E-state index contributed by atoms with van der Waals surface area (Å²) in [7, 11) is 3.68. The number of fused-ring (bicyclic) bond motifs is 1. The third kappa shape index (κ3) is 12.4. The molecular weight excluding hydrogens is 445 g/mol. The van der Waals surface area contributed by atoms with Crippen molar-refractivity contribution in [3.63, 3.8) is 0 Å². The number of esters is 1. The Labute approximate surface area is 210 Å². The summed E-state index contributed by atoms with van der Waals surface area (Å²) >= 11 is 0. The van der Waals surface area contributed by atoms with Gasteiger partial charge in [-0.1, -0.05) is 43.1 Å². The largest absolute Gasteiger partial charge is 0.483 e. The van der Waals surface area contributed by atoms with Crippen LogP contribution in [0.15, 0.2) is 36.9 Å². The van der Waals surface area contributed by atoms with E-state index in [-0.39, 0.29) is 30.9 Å². The van der Waals surface area contributed by atoms with Crippen LogP contribution in [0, 0.1) is 23.1 Å². The topological polar surface area (TPSA) is 134 Å². The molecule has 4 rings (SSSR count). The van der Waals surface area contributed by atoms with E-state index in [0.717, 1.165) is 38.4 Å². The number of aldehydes is 1. The minimum Gasteiger partial charge on any atom is -0.483 e. The molecule has 3 atom stereocenters. The smallest absolute Gasteiger partial charge is 0.309 e. The van der Waals surface area contributed by atoms with Crippen molar-refractivity contribution in [3.8, 4) is 5.97 Å². The van der Waals surface area contributed by atoms with E-state index in [1.807, 2.05) is 13.0 Å². The number of nitrogens with two attached hydrogens (primary N) is 1. The summed E-state index contributed by atoms with van der Waals surface area (Å²) in [5.74, 6) is 2.62. The summed E-state index contributed by atoms with van der Waals surface area (Å²) in [4.78, 5) is 31.9. The van der Waals surface area contributed by atoms with Crippen LogP contribution in [0.4, 0.5) is 0 Å². The van der Waals surface area contributed by atoms with E-state index in [1.165, 1.54) is 31.1 Å². The number of hydrogen-bond acceptors (Lipinski definition) is 7. The van der Waals surface area contributed by atoms with E-state index in [1.54, 1.807) is 0 Å². The molecule has 3 unspecified atom stereocenters. The van der Waals surface area contributed by atoms with Crippen LogP contribution in [0.1, 0.15) is 37.3 Å². The lowest BCUT2D eigenvalue weighted by Crippen LogP contribution is -2.26. The van der Waals surface area contributed by atoms with Crippen LogP contribution in [-0.4, -0.2) is 62.7 Å². The second-order valence-corrected chi connectivity index (χ2v) is 8.32. The summed E-state index contributed by atoms with van der Waals surface area (Å²) in [5, 5.41) is 15.3. The first-order valence-corrected chi connectivity index (χ1v) is 12.0. The lowest BCUT2D eigenvalue weighted by atomic mass is 9.44. The SMILES string of the molecule is C=CC1CC1C(=O)OCC.CN.CN1CCc2ccccc2C1.N#CB1CCCC1C=O.O=CO. The second kappa shape index (κ2) is 19.4. The fourth-order valence-electron chi connectivity index (χ4n) is 3.94. The lowest BCUT2D eigenvalue weighted by Gasteiger charge is -2.24. The van der Waals surface area contributed by atoms with E-state index in [4.69, 9.17) is 19.9 Å². The zero-order valence-electron chi connectivity index (χ0n) is 21.3. The van der Waals surface area contributed by atoms with Gasteiger partial charge in [0.15, 0.2) is 0 Å². The van der Waals surface area contributed by atoms with Crippen LogP contribution >= 0.6 is 0 Å². The number of carbonyl (C=O) groups is 3. The zero-order chi connectivity index (χ0) is 26.6. The number of ether oxygens (including phenoxy) is 1. The summed E-state index contributed by atoms with van der Waals surface area (Å²) in [6.45, 7) is 8.01. The van der Waals surface area contributed by atoms with Crippen LogP contribution in [0.5, 0.6) is 0 Å². The van der Waals surface area contributed by atoms with Crippen molar-refractivity contribution in [1.29, 1.82) is 5.26 Å². The molecule has 0 bridgehead atoms. The third-order valence-corrected chi connectivity index (χ3v) is 5.96. The van der Waals surface area contributed by atoms with E-state index in [0.29, 0.717) is 12.5 Å². The highest BCUT2D eigenvalue weighted by atomic mass is 16.5. The molecule has 2 aliphatic heterocycles. The Morgan fingerprint density at radius 1 is 1.34 bits per heavy atom. The lowest BCUT2D eigenvalue weighted by molar-refractivity contribution is -0.144. The average Bonchev–Trinajstić information content (AvgIpc) is 3.54. The molecule has 8 nitrogen and oxygen atoms in total. The Morgan fingerprint density at radius 3 is 2.46 bits per heavy atom. The fourth-order valence-corrected chi connectivity index (χ4v) is 3.94. The zero-order valence-corrected chi connectivity index (χ0v) is 21.3. The number of nitriles is 1. The Kier molecular flexibility index (Phi) is 17.7. The second-order valence-electron chi connectivity index (χ2n) is 8.32. The Bertz CT molecular complexity index is 814. The molecule has 35 heavy (non-hydrogen) atoms. The summed E-state index contributed by atoms with van der Waals surface area (Å²) in [5.41, 5.74) is 7.53. The quantitative estimate of drug-likeness (QED) is 0.287. The molecule has 192 valence electrons. The molecule has 1 aromatic rings. The van der Waals surface area contributed by atoms with Crippen LogP contribution in [0.25, 0.3) is 0 Å². The number of carboxylic acid groups (broad SMARTS) is 1. The van der Waals surface area contributed by atoms with Gasteiger partial charge in [-0.2, -0.15) is 0 Å². The van der Waals surface area contributed by atoms with Gasteiger partial charge in [0.25, 0.3) is 13.2 Å². The van der Waals surface area contributed by atoms with E-state index < -0.39 is 0 Å². The molecular formula is C26H40BN3O5. The van der Waals surface area contributed by atoms with Crippen molar-refractivity contribution in [2.24, 2.45) is 17.6 Å². The van der Waals surface area contributed by atoms with Crippen LogP contribution in [0.2, 0.25) is 12.1 Å². The summed E-state index contributed by atoms with van der Waals surface area (Å²) in [6, 6.07) is 8.72. The van der Waals surface area contributed by atoms with Gasteiger partial charge in [0.05, 0.1) is 12.5 Å². The van der Waals surface area contributed by atoms with Crippen molar-refractivity contribution >= 4 is 25.4 Å². The van der Waals surface area contributed by atoms with Gasteiger partial charge >= 0.3 is 5.97 Å². The molecule has 0 spiro atoms. The highest BCUT2D eigenvalue weighted by Gasteiger charge is 2.41. The molecule has 1 aromatic carbocycles. The van der Waals surface area contributed by atoms with E-state index >= 15 is 0 Å². The number of nitrogens with zero attached hydrogens (tertiary/aromatic N) is 2. The van der Waals surface area contributed by atoms with Crippen molar-refractivity contribution in [1.82, 2.24) is 4.90 Å². The number of hydrogen-bond donors (Lipinski definition) is 2. The first-order chi connectivity index (χ1) is 16.9. The highest BCUT2D eigenvalue weighted by Crippen LogP contribution is 2.40. The Balaban J connectivity index is 0.000000455. The minimum atomic E-state index is -0.250. The number of rotatable bonds is 4. The predicted molar refractivity (Wildman–Crippen MR) is 139 cm³/mol. The van der Waals surface area contributed by atoms with Gasteiger partial charge in [0, 0.05) is 24.9 Å². The van der Waals surface area contributed by atoms with Gasteiger partial charge in [-0.05, 0) is 57.3 Å². The molecule has 2 fully saturated rings. The van der Waals surface area contributed by atoms with Crippen LogP contribution < -0.4 is 5.73 Å². The van der Waals surface area contributed by atoms with Crippen LogP contribution in [-0.2, 0) is 32.1 Å². The molecule has 1 saturated heterocycles. The molecule has 9 heteroatoms. The molecule has 0 radical (unpaired) electrons. The van der Waals surface area contributed by atoms with Crippen LogP contribution in [0.3, 0.4) is 0 Å². The van der Waals surface area contributed by atoms with Crippen molar-refractivity contribution in [2.75, 3.05) is 27.2 Å². The number of allylic oxidation sites excluding steroid dienone is 1. The maximum atomic E-state index is 10.9. The van der Waals surface area contributed by atoms with Gasteiger partial charge in [0.1, 0.15) is 6.29 Å². The van der Waals surface area contributed by atoms with Gasteiger partial charge in [0.2, 0.25) is 0 Å². The predicted octanol–water partition coefficient (Wildman–Crippen LogP) is 3.23. The monoisotopic (exact) mass is 485 g/mol. The van der Waals surface area contributed by atoms with Crippen molar-refractivity contribution in [3.05, 3.63) is 48.0 Å². The third-order valence-electron chi connectivity index (χ3n) is 5.96. The standard InChI is InChI=1S/C10H13N.C8H12O2.C6H8BNO.CH5N.CH2O2/c1-11-7-6-9-4-2-3-5-10(9)8-11;1-3-6-5-7(6)8(9)10-4-2;8-5-7-3-1-2-6(7)4-9;1-2;2-1-3/h2-5H,6-8H2,1H3;3,6-7H,1,4-5H2,2H3;4,6H,1-3H2;2H2,1H3;1H,(H,2,3). The summed E-state index contributed by atoms with van der Waals surface area (Å²) < 4.78 is 4.81. The normalized spacial score (nSPS) is 21.1. The van der Waals surface area contributed by atoms with Gasteiger partial charge in [-0.3, -0.25) is 9.59 Å². The Hall–Kier alpha value is -2.96. The average molecular weight is 485 g/mol. The summed E-state index contributed by atoms with van der Waals surface area (Å²) in [6.07, 6.45) is 7.76.